The SMILES string of the molecule is CC(=O)c1cc2ccncc2c(Cl)n1. The number of rotatable bonds is 1. The van der Waals surface area contributed by atoms with E-state index in [4.69, 9.17) is 11.6 Å². The van der Waals surface area contributed by atoms with Gasteiger partial charge in [-0.25, -0.2) is 4.98 Å². The second kappa shape index (κ2) is 3.35. The van der Waals surface area contributed by atoms with E-state index in [1.165, 1.54) is 6.92 Å². The molecule has 2 rings (SSSR count). The second-order valence-corrected chi connectivity index (χ2v) is 3.31. The number of fused-ring (bicyclic) bond motifs is 1. The highest BCUT2D eigenvalue weighted by Crippen LogP contribution is 2.21. The molecule has 0 aliphatic carbocycles. The van der Waals surface area contributed by atoms with Gasteiger partial charge < -0.3 is 0 Å². The van der Waals surface area contributed by atoms with Crippen LogP contribution in [0, 0.1) is 0 Å². The van der Waals surface area contributed by atoms with Crippen molar-refractivity contribution in [3.05, 3.63) is 35.4 Å². The van der Waals surface area contributed by atoms with Crippen molar-refractivity contribution in [1.82, 2.24) is 9.97 Å². The van der Waals surface area contributed by atoms with E-state index in [2.05, 4.69) is 9.97 Å². The Bertz CT molecular complexity index is 510. The molecule has 0 spiro atoms. The summed E-state index contributed by atoms with van der Waals surface area (Å²) in [5, 5.41) is 1.96. The molecule has 0 aliphatic heterocycles. The third-order valence-corrected chi connectivity index (χ3v) is 2.24. The number of ketones is 1. The van der Waals surface area contributed by atoms with E-state index in [1.54, 1.807) is 24.5 Å². The predicted molar refractivity (Wildman–Crippen MR) is 54.6 cm³/mol. The van der Waals surface area contributed by atoms with Crippen LogP contribution in [-0.4, -0.2) is 15.8 Å². The summed E-state index contributed by atoms with van der Waals surface area (Å²) in [6.07, 6.45) is 3.29. The van der Waals surface area contributed by atoms with E-state index < -0.39 is 0 Å². The quantitative estimate of drug-likeness (QED) is 0.532. The molecule has 0 unspecified atom stereocenters. The summed E-state index contributed by atoms with van der Waals surface area (Å²) in [5.74, 6) is -0.0920. The number of pyridine rings is 2. The molecule has 4 heteroatoms. The number of carbonyl (C=O) groups excluding carboxylic acids is 1. The molecule has 0 saturated carbocycles. The number of Topliss-reactive ketones (excluding diaryl/α,β-unsaturated/α-hetero) is 1. The van der Waals surface area contributed by atoms with Crippen molar-refractivity contribution in [2.24, 2.45) is 0 Å². The van der Waals surface area contributed by atoms with Gasteiger partial charge in [0, 0.05) is 24.7 Å². The zero-order chi connectivity index (χ0) is 10.1. The summed E-state index contributed by atoms with van der Waals surface area (Å²) in [6, 6.07) is 3.51. The first-order valence-electron chi connectivity index (χ1n) is 4.09. The van der Waals surface area contributed by atoms with Crippen molar-refractivity contribution in [1.29, 1.82) is 0 Å². The Morgan fingerprint density at radius 3 is 3.00 bits per heavy atom. The first-order valence-corrected chi connectivity index (χ1v) is 4.47. The Morgan fingerprint density at radius 1 is 1.50 bits per heavy atom. The van der Waals surface area contributed by atoms with E-state index in [-0.39, 0.29) is 5.78 Å². The predicted octanol–water partition coefficient (Wildman–Crippen LogP) is 2.49. The van der Waals surface area contributed by atoms with Gasteiger partial charge in [-0.2, -0.15) is 0 Å². The van der Waals surface area contributed by atoms with Gasteiger partial charge in [-0.3, -0.25) is 9.78 Å². The summed E-state index contributed by atoms with van der Waals surface area (Å²) in [6.45, 7) is 1.46. The minimum absolute atomic E-state index is 0.0920. The van der Waals surface area contributed by atoms with Crippen molar-refractivity contribution >= 4 is 28.2 Å². The number of halogens is 1. The number of hydrogen-bond acceptors (Lipinski definition) is 3. The average molecular weight is 207 g/mol. The lowest BCUT2D eigenvalue weighted by Crippen LogP contribution is -1.97. The van der Waals surface area contributed by atoms with Gasteiger partial charge >= 0.3 is 0 Å². The third kappa shape index (κ3) is 1.46. The summed E-state index contributed by atoms with van der Waals surface area (Å²) in [4.78, 5) is 19.0. The van der Waals surface area contributed by atoms with Crippen LogP contribution in [0.4, 0.5) is 0 Å². The van der Waals surface area contributed by atoms with Gasteiger partial charge in [-0.05, 0) is 17.5 Å². The van der Waals surface area contributed by atoms with Crippen LogP contribution in [0.15, 0.2) is 24.5 Å². The molecule has 0 atom stereocenters. The normalized spacial score (nSPS) is 10.4. The largest absolute Gasteiger partial charge is 0.293 e. The minimum Gasteiger partial charge on any atom is -0.293 e. The molecule has 2 heterocycles. The average Bonchev–Trinajstić information content (AvgIpc) is 2.17. The fraction of sp³-hybridized carbons (Fsp3) is 0.100. The van der Waals surface area contributed by atoms with E-state index in [0.717, 1.165) is 10.8 Å². The van der Waals surface area contributed by atoms with Gasteiger partial charge in [0.2, 0.25) is 0 Å². The van der Waals surface area contributed by atoms with Gasteiger partial charge in [-0.15, -0.1) is 0 Å². The molecular weight excluding hydrogens is 200 g/mol. The lowest BCUT2D eigenvalue weighted by molar-refractivity contribution is 0.101. The molecule has 0 N–H and O–H groups in total. The maximum atomic E-state index is 11.1. The van der Waals surface area contributed by atoms with Crippen molar-refractivity contribution in [3.63, 3.8) is 0 Å². The second-order valence-electron chi connectivity index (χ2n) is 2.95. The number of aromatic nitrogens is 2. The van der Waals surface area contributed by atoms with Crippen molar-refractivity contribution in [3.8, 4) is 0 Å². The van der Waals surface area contributed by atoms with Crippen LogP contribution in [0.5, 0.6) is 0 Å². The van der Waals surface area contributed by atoms with E-state index >= 15 is 0 Å². The maximum absolute atomic E-state index is 11.1. The van der Waals surface area contributed by atoms with Gasteiger partial charge in [0.05, 0.1) is 0 Å². The minimum atomic E-state index is -0.0920. The summed E-state index contributed by atoms with van der Waals surface area (Å²) in [5.41, 5.74) is 0.383. The Kier molecular flexibility index (Phi) is 2.17. The van der Waals surface area contributed by atoms with Crippen LogP contribution < -0.4 is 0 Å². The first-order chi connectivity index (χ1) is 6.68. The van der Waals surface area contributed by atoms with Crippen LogP contribution in [0.2, 0.25) is 5.15 Å². The smallest absolute Gasteiger partial charge is 0.178 e. The Balaban J connectivity index is 2.78. The van der Waals surface area contributed by atoms with E-state index in [1.807, 2.05) is 0 Å². The van der Waals surface area contributed by atoms with Crippen LogP contribution in [0.25, 0.3) is 10.8 Å². The lowest BCUT2D eigenvalue weighted by atomic mass is 10.2. The fourth-order valence-electron chi connectivity index (χ4n) is 1.23. The number of carbonyl (C=O) groups is 1. The van der Waals surface area contributed by atoms with Gasteiger partial charge in [0.25, 0.3) is 0 Å². The first kappa shape index (κ1) is 9.09. The molecule has 14 heavy (non-hydrogen) atoms. The Labute approximate surface area is 85.7 Å². The highest BCUT2D eigenvalue weighted by atomic mass is 35.5. The monoisotopic (exact) mass is 206 g/mol. The molecule has 0 fully saturated rings. The number of hydrogen-bond donors (Lipinski definition) is 0. The summed E-state index contributed by atoms with van der Waals surface area (Å²) in [7, 11) is 0. The van der Waals surface area contributed by atoms with Gasteiger partial charge in [-0.1, -0.05) is 11.6 Å². The molecule has 70 valence electrons. The maximum Gasteiger partial charge on any atom is 0.178 e. The summed E-state index contributed by atoms with van der Waals surface area (Å²) < 4.78 is 0. The van der Waals surface area contributed by atoms with Crippen molar-refractivity contribution in [2.75, 3.05) is 0 Å². The Hall–Kier alpha value is -1.48. The molecule has 2 aromatic heterocycles. The summed E-state index contributed by atoms with van der Waals surface area (Å²) >= 11 is 5.90. The molecule has 0 amide bonds. The van der Waals surface area contributed by atoms with Crippen LogP contribution in [0.1, 0.15) is 17.4 Å². The van der Waals surface area contributed by atoms with Crippen LogP contribution >= 0.6 is 11.6 Å². The zero-order valence-electron chi connectivity index (χ0n) is 7.49. The molecule has 3 nitrogen and oxygen atoms in total. The molecule has 0 aromatic carbocycles. The highest BCUT2D eigenvalue weighted by molar-refractivity contribution is 6.34. The van der Waals surface area contributed by atoms with Crippen LogP contribution in [-0.2, 0) is 0 Å². The van der Waals surface area contributed by atoms with Gasteiger partial charge in [0.15, 0.2) is 5.78 Å². The topological polar surface area (TPSA) is 42.9 Å². The van der Waals surface area contributed by atoms with E-state index in [9.17, 15) is 4.79 Å². The van der Waals surface area contributed by atoms with E-state index in [0.29, 0.717) is 10.8 Å². The highest BCUT2D eigenvalue weighted by Gasteiger charge is 2.06. The molecule has 0 aliphatic rings. The molecular formula is C10H7ClN2O. The zero-order valence-corrected chi connectivity index (χ0v) is 8.25. The third-order valence-electron chi connectivity index (χ3n) is 1.95. The van der Waals surface area contributed by atoms with Crippen molar-refractivity contribution < 1.29 is 4.79 Å². The molecule has 0 saturated heterocycles. The van der Waals surface area contributed by atoms with Crippen LogP contribution in [0.3, 0.4) is 0 Å². The standard InChI is InChI=1S/C10H7ClN2O/c1-6(14)9-4-7-2-3-12-5-8(7)10(11)13-9/h2-5H,1H3. The molecule has 0 radical (unpaired) electrons. The lowest BCUT2D eigenvalue weighted by Gasteiger charge is -2.01. The number of nitrogens with zero attached hydrogens (tertiary/aromatic N) is 2. The molecule has 2 aromatic rings. The van der Waals surface area contributed by atoms with Gasteiger partial charge in [0.1, 0.15) is 10.8 Å². The molecule has 0 bridgehead atoms. The Morgan fingerprint density at radius 2 is 2.29 bits per heavy atom. The fourth-order valence-corrected chi connectivity index (χ4v) is 1.48. The van der Waals surface area contributed by atoms with Crippen molar-refractivity contribution in [2.45, 2.75) is 6.92 Å².